The van der Waals surface area contributed by atoms with Gasteiger partial charge in [-0.15, -0.1) is 0 Å². The van der Waals surface area contributed by atoms with E-state index in [4.69, 9.17) is 0 Å². The molecule has 1 saturated carbocycles. The van der Waals surface area contributed by atoms with Crippen molar-refractivity contribution in [1.82, 2.24) is 0 Å². The Labute approximate surface area is 110 Å². The molecule has 1 aliphatic rings. The first-order chi connectivity index (χ1) is 8.70. The molecule has 0 bridgehead atoms. The van der Waals surface area contributed by atoms with E-state index in [-0.39, 0.29) is 0 Å². The lowest BCUT2D eigenvalue weighted by atomic mass is 10.0. The van der Waals surface area contributed by atoms with E-state index in [9.17, 15) is 4.79 Å². The number of benzene rings is 1. The van der Waals surface area contributed by atoms with Crippen LogP contribution >= 0.6 is 0 Å². The molecule has 2 rings (SSSR count). The summed E-state index contributed by atoms with van der Waals surface area (Å²) in [6.07, 6.45) is 5.09. The van der Waals surface area contributed by atoms with Gasteiger partial charge in [-0.25, -0.2) is 0 Å². The molecule has 1 aromatic carbocycles. The molecule has 18 heavy (non-hydrogen) atoms. The first-order valence-corrected chi connectivity index (χ1v) is 7.03. The topological polar surface area (TPSA) is 20.3 Å². The number of Topliss-reactive ketones (excluding diaryl/α,β-unsaturated/α-hetero) is 1. The summed E-state index contributed by atoms with van der Waals surface area (Å²) in [6, 6.07) is 8.73. The normalized spacial score (nSPS) is 19.2. The number of hydrogen-bond acceptors (Lipinski definition) is 2. The zero-order valence-corrected chi connectivity index (χ0v) is 11.5. The Hall–Kier alpha value is -1.31. The van der Waals surface area contributed by atoms with Crippen molar-refractivity contribution in [1.29, 1.82) is 0 Å². The van der Waals surface area contributed by atoms with Crippen molar-refractivity contribution >= 4 is 11.5 Å². The lowest BCUT2D eigenvalue weighted by Gasteiger charge is -2.21. The van der Waals surface area contributed by atoms with Gasteiger partial charge in [-0.2, -0.15) is 0 Å². The third-order valence-electron chi connectivity index (χ3n) is 4.03. The molecular weight excluding hydrogens is 222 g/mol. The molecule has 0 N–H and O–H groups in total. The van der Waals surface area contributed by atoms with Crippen LogP contribution in [-0.2, 0) is 11.2 Å². The predicted molar refractivity (Wildman–Crippen MR) is 76.1 cm³/mol. The summed E-state index contributed by atoms with van der Waals surface area (Å²) in [6.45, 7) is 3.15. The van der Waals surface area contributed by atoms with Crippen LogP contribution in [0, 0.1) is 5.92 Å². The van der Waals surface area contributed by atoms with Gasteiger partial charge in [-0.1, -0.05) is 19.1 Å². The molecule has 98 valence electrons. The van der Waals surface area contributed by atoms with Gasteiger partial charge in [0.05, 0.1) is 0 Å². The maximum atomic E-state index is 11.6. The second-order valence-electron chi connectivity index (χ2n) is 5.29. The van der Waals surface area contributed by atoms with Crippen LogP contribution in [0.2, 0.25) is 0 Å². The Morgan fingerprint density at radius 3 is 2.56 bits per heavy atom. The van der Waals surface area contributed by atoms with Crippen LogP contribution in [0.15, 0.2) is 24.3 Å². The molecule has 1 aliphatic carbocycles. The SMILES string of the molecule is CCc1ccc(N(C)CCC2CCCC2=O)cc1. The molecule has 0 saturated heterocycles. The number of carbonyl (C=O) groups excluding carboxylic acids is 1. The van der Waals surface area contributed by atoms with Crippen molar-refractivity contribution in [2.24, 2.45) is 5.92 Å². The zero-order chi connectivity index (χ0) is 13.0. The standard InChI is InChI=1S/C16H23NO/c1-3-13-7-9-15(10-8-13)17(2)12-11-14-5-4-6-16(14)18/h7-10,14H,3-6,11-12H2,1-2H3. The summed E-state index contributed by atoms with van der Waals surface area (Å²) in [5, 5.41) is 0. The average Bonchev–Trinajstić information content (AvgIpc) is 2.81. The Balaban J connectivity index is 1.86. The minimum atomic E-state index is 0.322. The van der Waals surface area contributed by atoms with Gasteiger partial charge >= 0.3 is 0 Å². The minimum Gasteiger partial charge on any atom is -0.375 e. The van der Waals surface area contributed by atoms with Crippen molar-refractivity contribution in [3.8, 4) is 0 Å². The van der Waals surface area contributed by atoms with Crippen molar-refractivity contribution in [3.05, 3.63) is 29.8 Å². The molecule has 1 fully saturated rings. The average molecular weight is 245 g/mol. The maximum absolute atomic E-state index is 11.6. The van der Waals surface area contributed by atoms with Crippen LogP contribution in [0.1, 0.15) is 38.2 Å². The van der Waals surface area contributed by atoms with Crippen LogP contribution in [0.25, 0.3) is 0 Å². The fourth-order valence-corrected chi connectivity index (χ4v) is 2.66. The van der Waals surface area contributed by atoms with Crippen LogP contribution in [0.4, 0.5) is 5.69 Å². The van der Waals surface area contributed by atoms with E-state index < -0.39 is 0 Å². The smallest absolute Gasteiger partial charge is 0.136 e. The van der Waals surface area contributed by atoms with Gasteiger partial charge in [0.15, 0.2) is 0 Å². The lowest BCUT2D eigenvalue weighted by molar-refractivity contribution is -0.120. The number of hydrogen-bond donors (Lipinski definition) is 0. The van der Waals surface area contributed by atoms with Crippen molar-refractivity contribution in [2.45, 2.75) is 39.0 Å². The molecule has 0 aliphatic heterocycles. The maximum Gasteiger partial charge on any atom is 0.136 e. The van der Waals surface area contributed by atoms with E-state index in [1.807, 2.05) is 0 Å². The van der Waals surface area contributed by atoms with Gasteiger partial charge in [-0.3, -0.25) is 4.79 Å². The quantitative estimate of drug-likeness (QED) is 0.792. The highest BCUT2D eigenvalue weighted by molar-refractivity contribution is 5.82. The lowest BCUT2D eigenvalue weighted by Crippen LogP contribution is -2.22. The Bertz CT molecular complexity index is 396. The molecule has 2 heteroatoms. The summed E-state index contributed by atoms with van der Waals surface area (Å²) in [5.74, 6) is 0.798. The summed E-state index contributed by atoms with van der Waals surface area (Å²) in [7, 11) is 2.11. The zero-order valence-electron chi connectivity index (χ0n) is 11.5. The highest BCUT2D eigenvalue weighted by Gasteiger charge is 2.24. The van der Waals surface area contributed by atoms with E-state index in [1.54, 1.807) is 0 Å². The molecule has 0 heterocycles. The van der Waals surface area contributed by atoms with Crippen LogP contribution in [0.5, 0.6) is 0 Å². The Morgan fingerprint density at radius 2 is 2.00 bits per heavy atom. The largest absolute Gasteiger partial charge is 0.375 e. The molecule has 0 spiro atoms. The van der Waals surface area contributed by atoms with Gasteiger partial charge in [-0.05, 0) is 43.4 Å². The fraction of sp³-hybridized carbons (Fsp3) is 0.562. The molecule has 0 amide bonds. The van der Waals surface area contributed by atoms with Crippen LogP contribution in [0.3, 0.4) is 0 Å². The number of carbonyl (C=O) groups is 1. The van der Waals surface area contributed by atoms with Gasteiger partial charge in [0.2, 0.25) is 0 Å². The molecule has 1 unspecified atom stereocenters. The third kappa shape index (κ3) is 3.12. The second-order valence-corrected chi connectivity index (χ2v) is 5.29. The number of nitrogens with zero attached hydrogens (tertiary/aromatic N) is 1. The summed E-state index contributed by atoms with van der Waals surface area (Å²) >= 11 is 0. The van der Waals surface area contributed by atoms with Gasteiger partial charge in [0.25, 0.3) is 0 Å². The monoisotopic (exact) mass is 245 g/mol. The van der Waals surface area contributed by atoms with E-state index in [2.05, 4.69) is 43.1 Å². The van der Waals surface area contributed by atoms with E-state index in [0.29, 0.717) is 11.7 Å². The Morgan fingerprint density at radius 1 is 1.28 bits per heavy atom. The van der Waals surface area contributed by atoms with E-state index in [0.717, 1.165) is 38.6 Å². The highest BCUT2D eigenvalue weighted by Crippen LogP contribution is 2.25. The first-order valence-electron chi connectivity index (χ1n) is 7.03. The minimum absolute atomic E-state index is 0.322. The molecule has 1 aromatic rings. The Kier molecular flexibility index (Phi) is 4.40. The molecule has 0 radical (unpaired) electrons. The van der Waals surface area contributed by atoms with Crippen molar-refractivity contribution in [3.63, 3.8) is 0 Å². The van der Waals surface area contributed by atoms with Crippen LogP contribution in [-0.4, -0.2) is 19.4 Å². The predicted octanol–water partition coefficient (Wildman–Crippen LogP) is 3.44. The van der Waals surface area contributed by atoms with E-state index in [1.165, 1.54) is 11.3 Å². The molecule has 0 aromatic heterocycles. The first kappa shape index (κ1) is 13.1. The number of rotatable bonds is 5. The van der Waals surface area contributed by atoms with Gasteiger partial charge in [0.1, 0.15) is 5.78 Å². The highest BCUT2D eigenvalue weighted by atomic mass is 16.1. The molecular formula is C16H23NO. The van der Waals surface area contributed by atoms with Gasteiger partial charge < -0.3 is 4.90 Å². The third-order valence-corrected chi connectivity index (χ3v) is 4.03. The molecule has 1 atom stereocenters. The van der Waals surface area contributed by atoms with Crippen molar-refractivity contribution < 1.29 is 4.79 Å². The number of anilines is 1. The number of aryl methyl sites for hydroxylation is 1. The second kappa shape index (κ2) is 6.03. The summed E-state index contributed by atoms with van der Waals surface area (Å²) < 4.78 is 0. The van der Waals surface area contributed by atoms with Crippen LogP contribution < -0.4 is 4.90 Å². The van der Waals surface area contributed by atoms with E-state index >= 15 is 0 Å². The van der Waals surface area contributed by atoms with Gasteiger partial charge in [0, 0.05) is 31.6 Å². The molecule has 2 nitrogen and oxygen atoms in total. The number of ketones is 1. The van der Waals surface area contributed by atoms with Crippen molar-refractivity contribution in [2.75, 3.05) is 18.5 Å². The summed E-state index contributed by atoms with van der Waals surface area (Å²) in [4.78, 5) is 13.8. The fourth-order valence-electron chi connectivity index (χ4n) is 2.66. The summed E-state index contributed by atoms with van der Waals surface area (Å²) in [5.41, 5.74) is 2.62.